The van der Waals surface area contributed by atoms with Crippen molar-refractivity contribution in [2.75, 3.05) is 25.4 Å². The molecule has 0 aromatic carbocycles. The van der Waals surface area contributed by atoms with Gasteiger partial charge in [0.2, 0.25) is 5.91 Å². The first kappa shape index (κ1) is 16.9. The number of hydrogen-bond donors (Lipinski definition) is 2. The fourth-order valence-electron chi connectivity index (χ4n) is 1.55. The highest BCUT2D eigenvalue weighted by atomic mass is 35.5. The Kier molecular flexibility index (Phi) is 7.98. The van der Waals surface area contributed by atoms with Crippen LogP contribution in [-0.2, 0) is 4.79 Å². The van der Waals surface area contributed by atoms with Crippen LogP contribution in [0.15, 0.2) is 0 Å². The number of carbonyl (C=O) groups excluding carboxylic acids is 1. The second kappa shape index (κ2) is 8.05. The third kappa shape index (κ3) is 8.57. The number of halogens is 4. The average Bonchev–Trinajstić information content (AvgIpc) is 2.24. The molecule has 17 heavy (non-hydrogen) atoms. The topological polar surface area (TPSA) is 41.1 Å². The number of amides is 1. The molecule has 1 aliphatic heterocycles. The largest absolute Gasteiger partial charge is 0.442 e. The smallest absolute Gasteiger partial charge is 0.355 e. The predicted molar refractivity (Wildman–Crippen MR) is 64.4 cm³/mol. The summed E-state index contributed by atoms with van der Waals surface area (Å²) < 4.78 is 35.4. The highest BCUT2D eigenvalue weighted by Gasteiger charge is 2.29. The van der Waals surface area contributed by atoms with Gasteiger partial charge in [-0.2, -0.15) is 13.2 Å². The minimum absolute atomic E-state index is 0. The van der Waals surface area contributed by atoms with Gasteiger partial charge in [0, 0.05) is 6.54 Å². The molecule has 1 unspecified atom stereocenters. The molecule has 1 saturated heterocycles. The maximum Gasteiger partial charge on any atom is 0.442 e. The highest BCUT2D eigenvalue weighted by molar-refractivity contribution is 8.00. The first-order valence-corrected chi connectivity index (χ1v) is 6.14. The van der Waals surface area contributed by atoms with Crippen LogP contribution < -0.4 is 10.6 Å². The van der Waals surface area contributed by atoms with Crippen LogP contribution in [0.25, 0.3) is 0 Å². The molecule has 0 spiro atoms. The van der Waals surface area contributed by atoms with E-state index in [1.165, 1.54) is 0 Å². The van der Waals surface area contributed by atoms with E-state index in [0.717, 1.165) is 25.9 Å². The molecule has 8 heteroatoms. The molecule has 0 radical (unpaired) electrons. The summed E-state index contributed by atoms with van der Waals surface area (Å²) in [5, 5.41) is 5.70. The Labute approximate surface area is 109 Å². The van der Waals surface area contributed by atoms with E-state index in [0.29, 0.717) is 12.5 Å². The zero-order valence-corrected chi connectivity index (χ0v) is 10.8. The number of nitrogens with one attached hydrogen (secondary N) is 2. The standard InChI is InChI=1S/C9H15F3N2OS.ClH/c10-9(11,12)16-6-8(15)14-5-7-2-1-3-13-4-7;/h7,13H,1-6H2,(H,14,15);1H. The van der Waals surface area contributed by atoms with Gasteiger partial charge in [0.05, 0.1) is 5.75 Å². The number of thioether (sulfide) groups is 1. The molecule has 0 aromatic heterocycles. The van der Waals surface area contributed by atoms with Crippen molar-refractivity contribution in [3.05, 3.63) is 0 Å². The van der Waals surface area contributed by atoms with Crippen molar-refractivity contribution in [1.29, 1.82) is 0 Å². The molecule has 0 aliphatic carbocycles. The molecule has 3 nitrogen and oxygen atoms in total. The molecular weight excluding hydrogens is 277 g/mol. The molecule has 1 heterocycles. The third-order valence-electron chi connectivity index (χ3n) is 2.35. The van der Waals surface area contributed by atoms with Crippen LogP contribution >= 0.6 is 24.2 Å². The zero-order chi connectivity index (χ0) is 12.0. The normalized spacial score (nSPS) is 20.5. The molecule has 1 amide bonds. The van der Waals surface area contributed by atoms with Crippen molar-refractivity contribution in [3.63, 3.8) is 0 Å². The lowest BCUT2D eigenvalue weighted by molar-refractivity contribution is -0.119. The van der Waals surface area contributed by atoms with E-state index in [1.54, 1.807) is 0 Å². The number of hydrogen-bond acceptors (Lipinski definition) is 3. The van der Waals surface area contributed by atoms with Crippen LogP contribution in [-0.4, -0.2) is 36.8 Å². The van der Waals surface area contributed by atoms with Gasteiger partial charge in [-0.25, -0.2) is 0 Å². The van der Waals surface area contributed by atoms with Gasteiger partial charge in [-0.1, -0.05) is 0 Å². The molecule has 1 rings (SSSR count). The lowest BCUT2D eigenvalue weighted by Crippen LogP contribution is -2.38. The lowest BCUT2D eigenvalue weighted by atomic mass is 10.00. The molecule has 0 aromatic rings. The Morgan fingerprint density at radius 3 is 2.71 bits per heavy atom. The van der Waals surface area contributed by atoms with E-state index in [2.05, 4.69) is 10.6 Å². The van der Waals surface area contributed by atoms with Gasteiger partial charge in [0.25, 0.3) is 0 Å². The fraction of sp³-hybridized carbons (Fsp3) is 0.889. The highest BCUT2D eigenvalue weighted by Crippen LogP contribution is 2.29. The van der Waals surface area contributed by atoms with E-state index < -0.39 is 17.2 Å². The number of carbonyl (C=O) groups is 1. The molecular formula is C9H16ClF3N2OS. The monoisotopic (exact) mass is 292 g/mol. The van der Waals surface area contributed by atoms with Crippen LogP contribution in [0.2, 0.25) is 0 Å². The Hall–Kier alpha value is -0.140. The van der Waals surface area contributed by atoms with Gasteiger partial charge < -0.3 is 10.6 Å². The Balaban J connectivity index is 0.00000256. The van der Waals surface area contributed by atoms with Gasteiger partial charge >= 0.3 is 5.51 Å². The van der Waals surface area contributed by atoms with E-state index >= 15 is 0 Å². The van der Waals surface area contributed by atoms with Gasteiger partial charge in [-0.15, -0.1) is 12.4 Å². The molecule has 1 aliphatic rings. The van der Waals surface area contributed by atoms with Crippen molar-refractivity contribution in [3.8, 4) is 0 Å². The summed E-state index contributed by atoms with van der Waals surface area (Å²) in [6.07, 6.45) is 2.07. The van der Waals surface area contributed by atoms with Crippen molar-refractivity contribution in [1.82, 2.24) is 10.6 Å². The summed E-state index contributed by atoms with van der Waals surface area (Å²) in [5.41, 5.74) is -4.33. The van der Waals surface area contributed by atoms with Crippen LogP contribution in [0.4, 0.5) is 13.2 Å². The molecule has 1 fully saturated rings. The van der Waals surface area contributed by atoms with Crippen molar-refractivity contribution in [2.24, 2.45) is 5.92 Å². The summed E-state index contributed by atoms with van der Waals surface area (Å²) in [4.78, 5) is 11.1. The van der Waals surface area contributed by atoms with E-state index in [-0.39, 0.29) is 24.2 Å². The van der Waals surface area contributed by atoms with Crippen LogP contribution in [0.3, 0.4) is 0 Å². The Bertz CT molecular complexity index is 235. The van der Waals surface area contributed by atoms with Crippen molar-refractivity contribution in [2.45, 2.75) is 18.3 Å². The summed E-state index contributed by atoms with van der Waals surface area (Å²) in [7, 11) is 0. The fourth-order valence-corrected chi connectivity index (χ4v) is 1.95. The van der Waals surface area contributed by atoms with Crippen LogP contribution in [0.1, 0.15) is 12.8 Å². The molecule has 2 N–H and O–H groups in total. The minimum Gasteiger partial charge on any atom is -0.355 e. The lowest BCUT2D eigenvalue weighted by Gasteiger charge is -2.22. The summed E-state index contributed by atoms with van der Waals surface area (Å²) in [5.74, 6) is -0.759. The van der Waals surface area contributed by atoms with Gasteiger partial charge in [0.1, 0.15) is 0 Å². The molecule has 1 atom stereocenters. The van der Waals surface area contributed by atoms with Crippen LogP contribution in [0, 0.1) is 5.92 Å². The SMILES string of the molecule is Cl.O=C(CSC(F)(F)F)NCC1CCCNC1. The maximum absolute atomic E-state index is 11.8. The van der Waals surface area contributed by atoms with Gasteiger partial charge in [-0.3, -0.25) is 4.79 Å². The zero-order valence-electron chi connectivity index (χ0n) is 9.18. The maximum atomic E-state index is 11.8. The first-order chi connectivity index (χ1) is 7.47. The number of piperidine rings is 1. The Morgan fingerprint density at radius 1 is 1.47 bits per heavy atom. The summed E-state index contributed by atoms with van der Waals surface area (Å²) >= 11 is -0.299. The van der Waals surface area contributed by atoms with E-state index in [1.807, 2.05) is 0 Å². The quantitative estimate of drug-likeness (QED) is 0.830. The second-order valence-electron chi connectivity index (χ2n) is 3.75. The minimum atomic E-state index is -4.33. The van der Waals surface area contributed by atoms with Crippen molar-refractivity contribution < 1.29 is 18.0 Å². The third-order valence-corrected chi connectivity index (χ3v) is 3.09. The van der Waals surface area contributed by atoms with Crippen molar-refractivity contribution >= 4 is 30.1 Å². The van der Waals surface area contributed by atoms with Gasteiger partial charge in [0.15, 0.2) is 0 Å². The molecule has 0 bridgehead atoms. The van der Waals surface area contributed by atoms with E-state index in [4.69, 9.17) is 0 Å². The Morgan fingerprint density at radius 2 is 2.18 bits per heavy atom. The van der Waals surface area contributed by atoms with E-state index in [9.17, 15) is 18.0 Å². The molecule has 0 saturated carbocycles. The number of rotatable bonds is 4. The second-order valence-corrected chi connectivity index (χ2v) is 4.79. The number of alkyl halides is 3. The molecule has 102 valence electrons. The summed E-state index contributed by atoms with van der Waals surface area (Å²) in [6, 6.07) is 0. The first-order valence-electron chi connectivity index (χ1n) is 5.15. The summed E-state index contributed by atoms with van der Waals surface area (Å²) in [6.45, 7) is 2.27. The van der Waals surface area contributed by atoms with Gasteiger partial charge in [-0.05, 0) is 43.6 Å². The van der Waals surface area contributed by atoms with Crippen LogP contribution in [0.5, 0.6) is 0 Å². The predicted octanol–water partition coefficient (Wildman–Crippen LogP) is 1.78. The average molecular weight is 293 g/mol.